The molecule has 0 spiro atoms. The number of anilines is 1. The molecule has 1 saturated carbocycles. The molecule has 4 heteroatoms. The first-order valence-corrected chi connectivity index (χ1v) is 7.66. The van der Waals surface area contributed by atoms with Gasteiger partial charge in [0.1, 0.15) is 5.82 Å². The average Bonchev–Trinajstić information content (AvgIpc) is 3.23. The van der Waals surface area contributed by atoms with Gasteiger partial charge in [-0.05, 0) is 25.3 Å². The first-order valence-electron chi connectivity index (χ1n) is 7.66. The standard InChI is InChI=1S/C17H24N4/c1-13-16(11-18-15-9-10-15)17(21(3)19-13)20(2)12-14-7-5-4-6-8-14/h4-8,15,18H,9-12H2,1-3H3. The van der Waals surface area contributed by atoms with Gasteiger partial charge in [0.05, 0.1) is 5.69 Å². The molecule has 1 N–H and O–H groups in total. The first kappa shape index (κ1) is 14.1. The fraction of sp³-hybridized carbons (Fsp3) is 0.471. The van der Waals surface area contributed by atoms with Crippen molar-refractivity contribution in [2.24, 2.45) is 7.05 Å². The highest BCUT2D eigenvalue weighted by atomic mass is 15.4. The van der Waals surface area contributed by atoms with Crippen LogP contribution in [0.5, 0.6) is 0 Å². The van der Waals surface area contributed by atoms with Crippen LogP contribution in [0, 0.1) is 6.92 Å². The Kier molecular flexibility index (Phi) is 3.97. The molecule has 1 aromatic carbocycles. The van der Waals surface area contributed by atoms with Crippen molar-refractivity contribution in [2.45, 2.75) is 38.9 Å². The predicted octanol–water partition coefficient (Wildman–Crippen LogP) is 2.62. The van der Waals surface area contributed by atoms with Crippen molar-refractivity contribution in [3.8, 4) is 0 Å². The average molecular weight is 284 g/mol. The maximum atomic E-state index is 4.61. The van der Waals surface area contributed by atoms with Gasteiger partial charge in [-0.2, -0.15) is 5.10 Å². The summed E-state index contributed by atoms with van der Waals surface area (Å²) in [5.41, 5.74) is 3.77. The van der Waals surface area contributed by atoms with Gasteiger partial charge < -0.3 is 10.2 Å². The van der Waals surface area contributed by atoms with Gasteiger partial charge >= 0.3 is 0 Å². The third-order valence-electron chi connectivity index (χ3n) is 4.08. The number of nitrogens with one attached hydrogen (secondary N) is 1. The maximum Gasteiger partial charge on any atom is 0.131 e. The molecule has 0 bridgehead atoms. The Bertz CT molecular complexity index is 599. The molecule has 0 radical (unpaired) electrons. The highest BCUT2D eigenvalue weighted by Crippen LogP contribution is 2.26. The Morgan fingerprint density at radius 1 is 1.29 bits per heavy atom. The molecule has 1 aliphatic rings. The van der Waals surface area contributed by atoms with Crippen molar-refractivity contribution >= 4 is 5.82 Å². The maximum absolute atomic E-state index is 4.61. The molecule has 112 valence electrons. The van der Waals surface area contributed by atoms with E-state index in [0.717, 1.165) is 24.8 Å². The summed E-state index contributed by atoms with van der Waals surface area (Å²) in [6.07, 6.45) is 2.63. The van der Waals surface area contributed by atoms with Crippen molar-refractivity contribution in [1.29, 1.82) is 0 Å². The quantitative estimate of drug-likeness (QED) is 0.885. The number of aromatic nitrogens is 2. The summed E-state index contributed by atoms with van der Waals surface area (Å²) in [4.78, 5) is 2.29. The third kappa shape index (κ3) is 3.27. The van der Waals surface area contributed by atoms with E-state index in [9.17, 15) is 0 Å². The topological polar surface area (TPSA) is 33.1 Å². The zero-order valence-corrected chi connectivity index (χ0v) is 13.1. The lowest BCUT2D eigenvalue weighted by Gasteiger charge is -2.21. The second-order valence-electron chi connectivity index (χ2n) is 6.01. The number of hydrogen-bond donors (Lipinski definition) is 1. The van der Waals surface area contributed by atoms with E-state index in [4.69, 9.17) is 0 Å². The number of nitrogens with zero attached hydrogens (tertiary/aromatic N) is 3. The van der Waals surface area contributed by atoms with Crippen LogP contribution in [-0.2, 0) is 20.1 Å². The molecule has 0 unspecified atom stereocenters. The Morgan fingerprint density at radius 2 is 2.00 bits per heavy atom. The molecule has 21 heavy (non-hydrogen) atoms. The van der Waals surface area contributed by atoms with E-state index in [1.165, 1.54) is 29.8 Å². The van der Waals surface area contributed by atoms with Gasteiger partial charge in [0.25, 0.3) is 0 Å². The van der Waals surface area contributed by atoms with Crippen LogP contribution in [0.1, 0.15) is 29.7 Å². The van der Waals surface area contributed by atoms with E-state index in [2.05, 4.69) is 59.6 Å². The van der Waals surface area contributed by atoms with Crippen molar-refractivity contribution < 1.29 is 0 Å². The van der Waals surface area contributed by atoms with Crippen LogP contribution in [0.2, 0.25) is 0 Å². The van der Waals surface area contributed by atoms with Gasteiger partial charge in [-0.15, -0.1) is 0 Å². The number of benzene rings is 1. The SMILES string of the molecule is Cc1nn(C)c(N(C)Cc2ccccc2)c1CNC1CC1. The zero-order chi connectivity index (χ0) is 14.8. The highest BCUT2D eigenvalue weighted by Gasteiger charge is 2.23. The smallest absolute Gasteiger partial charge is 0.131 e. The largest absolute Gasteiger partial charge is 0.355 e. The van der Waals surface area contributed by atoms with Crippen LogP contribution in [0.4, 0.5) is 5.82 Å². The van der Waals surface area contributed by atoms with Crippen molar-refractivity contribution in [1.82, 2.24) is 15.1 Å². The Balaban J connectivity index is 1.78. The number of hydrogen-bond acceptors (Lipinski definition) is 3. The zero-order valence-electron chi connectivity index (χ0n) is 13.1. The van der Waals surface area contributed by atoms with E-state index >= 15 is 0 Å². The minimum Gasteiger partial charge on any atom is -0.355 e. The minimum absolute atomic E-state index is 0.719. The lowest BCUT2D eigenvalue weighted by Crippen LogP contribution is -2.23. The normalized spacial score (nSPS) is 14.4. The Morgan fingerprint density at radius 3 is 2.67 bits per heavy atom. The molecule has 0 aliphatic heterocycles. The van der Waals surface area contributed by atoms with E-state index < -0.39 is 0 Å². The van der Waals surface area contributed by atoms with Crippen LogP contribution in [0.15, 0.2) is 30.3 Å². The van der Waals surface area contributed by atoms with Crippen molar-refractivity contribution in [3.63, 3.8) is 0 Å². The summed E-state index contributed by atoms with van der Waals surface area (Å²) in [7, 11) is 4.18. The van der Waals surface area contributed by atoms with Gasteiger partial charge in [-0.3, -0.25) is 4.68 Å². The molecule has 1 fully saturated rings. The summed E-state index contributed by atoms with van der Waals surface area (Å²) < 4.78 is 2.00. The third-order valence-corrected chi connectivity index (χ3v) is 4.08. The molecule has 1 aromatic heterocycles. The fourth-order valence-corrected chi connectivity index (χ4v) is 2.84. The van der Waals surface area contributed by atoms with Crippen LogP contribution in [0.25, 0.3) is 0 Å². The second-order valence-corrected chi connectivity index (χ2v) is 6.01. The molecule has 2 aromatic rings. The molecule has 0 atom stereocenters. The van der Waals surface area contributed by atoms with E-state index in [1.807, 2.05) is 11.7 Å². The van der Waals surface area contributed by atoms with Gasteiger partial charge in [0.2, 0.25) is 0 Å². The second kappa shape index (κ2) is 5.90. The van der Waals surface area contributed by atoms with Crippen LogP contribution in [0.3, 0.4) is 0 Å². The number of aryl methyl sites for hydroxylation is 2. The molecular weight excluding hydrogens is 260 g/mol. The molecular formula is C17H24N4. The van der Waals surface area contributed by atoms with Gasteiger partial charge in [0, 0.05) is 38.8 Å². The van der Waals surface area contributed by atoms with E-state index in [1.54, 1.807) is 0 Å². The summed E-state index contributed by atoms with van der Waals surface area (Å²) >= 11 is 0. The van der Waals surface area contributed by atoms with Gasteiger partial charge in [-0.25, -0.2) is 0 Å². The van der Waals surface area contributed by atoms with Crippen LogP contribution >= 0.6 is 0 Å². The molecule has 0 saturated heterocycles. The molecule has 0 amide bonds. The molecule has 1 aliphatic carbocycles. The predicted molar refractivity (Wildman–Crippen MR) is 86.4 cm³/mol. The monoisotopic (exact) mass is 284 g/mol. The lowest BCUT2D eigenvalue weighted by atomic mass is 10.2. The number of rotatable bonds is 6. The summed E-state index contributed by atoms with van der Waals surface area (Å²) in [6.45, 7) is 3.92. The highest BCUT2D eigenvalue weighted by molar-refractivity contribution is 5.50. The Labute approximate surface area is 126 Å². The van der Waals surface area contributed by atoms with Crippen molar-refractivity contribution in [3.05, 3.63) is 47.2 Å². The van der Waals surface area contributed by atoms with E-state index in [-0.39, 0.29) is 0 Å². The molecule has 4 nitrogen and oxygen atoms in total. The first-order chi connectivity index (χ1) is 10.1. The summed E-state index contributed by atoms with van der Waals surface area (Å²) in [5.74, 6) is 1.21. The van der Waals surface area contributed by atoms with Gasteiger partial charge in [-0.1, -0.05) is 30.3 Å². The summed E-state index contributed by atoms with van der Waals surface area (Å²) in [5, 5.41) is 8.21. The molecule has 1 heterocycles. The van der Waals surface area contributed by atoms with E-state index in [0.29, 0.717) is 0 Å². The van der Waals surface area contributed by atoms with Crippen LogP contribution < -0.4 is 10.2 Å². The molecule has 3 rings (SSSR count). The van der Waals surface area contributed by atoms with Crippen molar-refractivity contribution in [2.75, 3.05) is 11.9 Å². The Hall–Kier alpha value is -1.81. The van der Waals surface area contributed by atoms with Gasteiger partial charge in [0.15, 0.2) is 0 Å². The minimum atomic E-state index is 0.719. The lowest BCUT2D eigenvalue weighted by molar-refractivity contribution is 0.680. The summed E-state index contributed by atoms with van der Waals surface area (Å²) in [6, 6.07) is 11.3. The fourth-order valence-electron chi connectivity index (χ4n) is 2.84. The van der Waals surface area contributed by atoms with Crippen LogP contribution in [-0.4, -0.2) is 22.9 Å².